The molecule has 0 radical (unpaired) electrons. The molecule has 0 fully saturated rings. The molecule has 2 aromatic carbocycles. The van der Waals surface area contributed by atoms with E-state index in [0.29, 0.717) is 6.67 Å². The summed E-state index contributed by atoms with van der Waals surface area (Å²) in [6.45, 7) is 4.61. The van der Waals surface area contributed by atoms with Crippen LogP contribution >= 0.6 is 23.2 Å². The third kappa shape index (κ3) is 3.34. The summed E-state index contributed by atoms with van der Waals surface area (Å²) >= 11 is 12.3. The normalized spacial score (nSPS) is 10.3. The van der Waals surface area contributed by atoms with Gasteiger partial charge in [-0.2, -0.15) is 0 Å². The van der Waals surface area contributed by atoms with Crippen molar-refractivity contribution in [1.82, 2.24) is 0 Å². The molecule has 19 heavy (non-hydrogen) atoms. The summed E-state index contributed by atoms with van der Waals surface area (Å²) in [4.78, 5) is 0. The highest BCUT2D eigenvalue weighted by Gasteiger charge is 2.04. The first-order chi connectivity index (χ1) is 9.09. The van der Waals surface area contributed by atoms with Crippen LogP contribution in [-0.4, -0.2) is 6.67 Å². The molecule has 0 saturated carbocycles. The van der Waals surface area contributed by atoms with Crippen molar-refractivity contribution >= 4 is 34.6 Å². The summed E-state index contributed by atoms with van der Waals surface area (Å²) in [7, 11) is 0. The van der Waals surface area contributed by atoms with Gasteiger partial charge in [0.05, 0.1) is 28.1 Å². The number of halogens is 2. The van der Waals surface area contributed by atoms with E-state index in [1.54, 1.807) is 0 Å². The molecule has 0 heterocycles. The van der Waals surface area contributed by atoms with Crippen molar-refractivity contribution in [3.05, 3.63) is 57.6 Å². The molecular weight excluding hydrogens is 279 g/mol. The van der Waals surface area contributed by atoms with Crippen LogP contribution in [0.2, 0.25) is 10.0 Å². The third-order valence-electron chi connectivity index (χ3n) is 2.97. The molecule has 0 saturated heterocycles. The minimum Gasteiger partial charge on any atom is -0.367 e. The Balaban J connectivity index is 2.05. The van der Waals surface area contributed by atoms with Gasteiger partial charge in [0, 0.05) is 0 Å². The second kappa shape index (κ2) is 6.18. The minimum atomic E-state index is 0.565. The Labute approximate surface area is 123 Å². The molecule has 2 rings (SSSR count). The number of aryl methyl sites for hydroxylation is 2. The lowest BCUT2D eigenvalue weighted by Gasteiger charge is -2.15. The van der Waals surface area contributed by atoms with Gasteiger partial charge in [-0.15, -0.1) is 0 Å². The quantitative estimate of drug-likeness (QED) is 0.767. The molecule has 0 aliphatic heterocycles. The minimum absolute atomic E-state index is 0.565. The average Bonchev–Trinajstić information content (AvgIpc) is 2.36. The Morgan fingerprint density at radius 2 is 1.21 bits per heavy atom. The van der Waals surface area contributed by atoms with Gasteiger partial charge in [-0.1, -0.05) is 47.5 Å². The van der Waals surface area contributed by atoms with Crippen LogP contribution in [0.3, 0.4) is 0 Å². The fourth-order valence-electron chi connectivity index (χ4n) is 1.93. The van der Waals surface area contributed by atoms with Crippen LogP contribution in [0.4, 0.5) is 11.4 Å². The molecular formula is C15H16Cl2N2. The smallest absolute Gasteiger partial charge is 0.0850 e. The molecule has 2 nitrogen and oxygen atoms in total. The van der Waals surface area contributed by atoms with E-state index in [4.69, 9.17) is 23.2 Å². The molecule has 0 aliphatic rings. The Morgan fingerprint density at radius 1 is 0.789 bits per heavy atom. The number of hydrogen-bond donors (Lipinski definition) is 2. The summed E-state index contributed by atoms with van der Waals surface area (Å²) in [5.74, 6) is 0. The molecule has 0 atom stereocenters. The highest BCUT2D eigenvalue weighted by Crippen LogP contribution is 2.27. The monoisotopic (exact) mass is 294 g/mol. The molecule has 0 unspecified atom stereocenters. The van der Waals surface area contributed by atoms with Gasteiger partial charge in [0.2, 0.25) is 0 Å². The van der Waals surface area contributed by atoms with Crippen molar-refractivity contribution in [1.29, 1.82) is 0 Å². The van der Waals surface area contributed by atoms with Crippen LogP contribution in [0.5, 0.6) is 0 Å². The van der Waals surface area contributed by atoms with E-state index in [1.165, 1.54) is 0 Å². The summed E-state index contributed by atoms with van der Waals surface area (Å²) in [6, 6.07) is 11.7. The van der Waals surface area contributed by atoms with Crippen LogP contribution in [-0.2, 0) is 0 Å². The Kier molecular flexibility index (Phi) is 4.56. The Hall–Kier alpha value is -1.38. The zero-order chi connectivity index (χ0) is 13.8. The SMILES string of the molecule is Cc1cccc(Cl)c1NCNc1c(C)cccc1Cl. The van der Waals surface area contributed by atoms with Crippen molar-refractivity contribution in [2.24, 2.45) is 0 Å². The number of hydrogen-bond acceptors (Lipinski definition) is 2. The molecule has 0 amide bonds. The lowest BCUT2D eigenvalue weighted by molar-refractivity contribution is 1.19. The van der Waals surface area contributed by atoms with Crippen molar-refractivity contribution in [2.45, 2.75) is 13.8 Å². The molecule has 0 bridgehead atoms. The van der Waals surface area contributed by atoms with Gasteiger partial charge in [-0.3, -0.25) is 0 Å². The number of rotatable bonds is 4. The van der Waals surface area contributed by atoms with Gasteiger partial charge in [0.1, 0.15) is 0 Å². The van der Waals surface area contributed by atoms with Gasteiger partial charge in [-0.05, 0) is 37.1 Å². The molecule has 2 aromatic rings. The maximum atomic E-state index is 6.16. The van der Waals surface area contributed by atoms with E-state index in [0.717, 1.165) is 32.5 Å². The maximum absolute atomic E-state index is 6.16. The standard InChI is InChI=1S/C15H16Cl2N2/c1-10-5-3-7-12(16)14(10)18-9-19-15-11(2)6-4-8-13(15)17/h3-8,18-19H,9H2,1-2H3. The summed E-state index contributed by atoms with van der Waals surface area (Å²) in [5.41, 5.74) is 4.12. The lowest BCUT2D eigenvalue weighted by Crippen LogP contribution is -2.13. The van der Waals surface area contributed by atoms with Crippen molar-refractivity contribution < 1.29 is 0 Å². The van der Waals surface area contributed by atoms with Gasteiger partial charge in [-0.25, -0.2) is 0 Å². The fraction of sp³-hybridized carbons (Fsp3) is 0.200. The predicted molar refractivity (Wildman–Crippen MR) is 84.5 cm³/mol. The lowest BCUT2D eigenvalue weighted by atomic mass is 10.2. The maximum Gasteiger partial charge on any atom is 0.0850 e. The first-order valence-corrected chi connectivity index (χ1v) is 6.83. The third-order valence-corrected chi connectivity index (χ3v) is 3.60. The van der Waals surface area contributed by atoms with Crippen molar-refractivity contribution in [2.75, 3.05) is 17.3 Å². The molecule has 0 aromatic heterocycles. The summed E-state index contributed by atoms with van der Waals surface area (Å²) < 4.78 is 0. The number of para-hydroxylation sites is 2. The largest absolute Gasteiger partial charge is 0.367 e. The molecule has 0 spiro atoms. The number of benzene rings is 2. The molecule has 100 valence electrons. The number of anilines is 2. The highest BCUT2D eigenvalue weighted by molar-refractivity contribution is 6.33. The van der Waals surface area contributed by atoms with Gasteiger partial charge in [0.25, 0.3) is 0 Å². The van der Waals surface area contributed by atoms with Crippen LogP contribution in [0.25, 0.3) is 0 Å². The van der Waals surface area contributed by atoms with Crippen LogP contribution in [0.1, 0.15) is 11.1 Å². The fourth-order valence-corrected chi connectivity index (χ4v) is 2.51. The van der Waals surface area contributed by atoms with Crippen LogP contribution in [0, 0.1) is 13.8 Å². The molecule has 2 N–H and O–H groups in total. The van der Waals surface area contributed by atoms with Gasteiger partial charge in [0.15, 0.2) is 0 Å². The van der Waals surface area contributed by atoms with E-state index >= 15 is 0 Å². The Bertz CT molecular complexity index is 490. The Morgan fingerprint density at radius 3 is 1.58 bits per heavy atom. The molecule has 0 aliphatic carbocycles. The van der Waals surface area contributed by atoms with Crippen molar-refractivity contribution in [3.63, 3.8) is 0 Å². The highest BCUT2D eigenvalue weighted by atomic mass is 35.5. The average molecular weight is 295 g/mol. The van der Waals surface area contributed by atoms with E-state index in [-0.39, 0.29) is 0 Å². The first kappa shape index (κ1) is 14.0. The van der Waals surface area contributed by atoms with Crippen molar-refractivity contribution in [3.8, 4) is 0 Å². The van der Waals surface area contributed by atoms with Gasteiger partial charge < -0.3 is 10.6 Å². The van der Waals surface area contributed by atoms with E-state index in [1.807, 2.05) is 50.2 Å². The second-order valence-corrected chi connectivity index (χ2v) is 5.21. The van der Waals surface area contributed by atoms with E-state index in [2.05, 4.69) is 10.6 Å². The zero-order valence-electron chi connectivity index (χ0n) is 10.9. The predicted octanol–water partition coefficient (Wildman–Crippen LogP) is 5.09. The zero-order valence-corrected chi connectivity index (χ0v) is 12.4. The molecule has 4 heteroatoms. The topological polar surface area (TPSA) is 24.1 Å². The van der Waals surface area contributed by atoms with E-state index in [9.17, 15) is 0 Å². The van der Waals surface area contributed by atoms with Gasteiger partial charge >= 0.3 is 0 Å². The number of nitrogens with one attached hydrogen (secondary N) is 2. The van der Waals surface area contributed by atoms with Crippen LogP contribution in [0.15, 0.2) is 36.4 Å². The summed E-state index contributed by atoms with van der Waals surface area (Å²) in [5, 5.41) is 8.01. The van der Waals surface area contributed by atoms with Crippen LogP contribution < -0.4 is 10.6 Å². The second-order valence-electron chi connectivity index (χ2n) is 4.39. The van der Waals surface area contributed by atoms with E-state index < -0.39 is 0 Å². The summed E-state index contributed by atoms with van der Waals surface area (Å²) in [6.07, 6.45) is 0. The first-order valence-electron chi connectivity index (χ1n) is 6.07.